The van der Waals surface area contributed by atoms with Gasteiger partial charge in [-0.05, 0) is 37.1 Å². The molecule has 0 atom stereocenters. The van der Waals surface area contributed by atoms with E-state index in [1.54, 1.807) is 0 Å². The third-order valence-corrected chi connectivity index (χ3v) is 5.28. The predicted octanol–water partition coefficient (Wildman–Crippen LogP) is 7.70. The van der Waals surface area contributed by atoms with Gasteiger partial charge in [0, 0.05) is 18.8 Å². The Balaban J connectivity index is 2.29. The maximum Gasteiger partial charge on any atom is 0.115 e. The first-order valence-corrected chi connectivity index (χ1v) is 11.3. The van der Waals surface area contributed by atoms with Crippen LogP contribution in [0.4, 0.5) is 5.69 Å². The second kappa shape index (κ2) is 16.0. The number of phenols is 1. The molecule has 150 valence electrons. The van der Waals surface area contributed by atoms with Crippen LogP contribution in [0.1, 0.15) is 104 Å². The zero-order chi connectivity index (χ0) is 18.9. The zero-order valence-corrected chi connectivity index (χ0v) is 17.5. The molecule has 2 heteroatoms. The maximum atomic E-state index is 9.55. The Morgan fingerprint density at radius 2 is 0.962 bits per heavy atom. The highest BCUT2D eigenvalue weighted by Crippen LogP contribution is 2.20. The normalized spacial score (nSPS) is 11.0. The van der Waals surface area contributed by atoms with Crippen molar-refractivity contribution in [3.63, 3.8) is 0 Å². The molecular formula is C24H43NO. The van der Waals surface area contributed by atoms with E-state index in [1.165, 1.54) is 95.6 Å². The summed E-state index contributed by atoms with van der Waals surface area (Å²) in [6, 6.07) is 7.77. The summed E-state index contributed by atoms with van der Waals surface area (Å²) in [5, 5.41) is 9.55. The van der Waals surface area contributed by atoms with Crippen LogP contribution in [0.2, 0.25) is 0 Å². The summed E-state index contributed by atoms with van der Waals surface area (Å²) >= 11 is 0. The number of nitrogens with zero attached hydrogens (tertiary/aromatic N) is 1. The summed E-state index contributed by atoms with van der Waals surface area (Å²) in [6.45, 7) is 6.85. The Hall–Kier alpha value is -1.18. The molecule has 0 saturated heterocycles. The highest BCUT2D eigenvalue weighted by molar-refractivity contribution is 5.48. The first-order valence-electron chi connectivity index (χ1n) is 11.3. The molecule has 0 aliphatic rings. The summed E-state index contributed by atoms with van der Waals surface area (Å²) in [4.78, 5) is 2.53. The molecule has 0 bridgehead atoms. The standard InChI is InChI=1S/C24H43NO/c1-3-5-7-9-11-13-15-21-25(23-17-19-24(26)20-18-23)22-16-14-12-10-8-6-4-2/h17-20,26H,3-16,21-22H2,1-2H3. The van der Waals surface area contributed by atoms with Crippen LogP contribution in [0.15, 0.2) is 24.3 Å². The molecule has 0 unspecified atom stereocenters. The van der Waals surface area contributed by atoms with Crippen molar-refractivity contribution in [2.75, 3.05) is 18.0 Å². The van der Waals surface area contributed by atoms with Crippen LogP contribution in [0.25, 0.3) is 0 Å². The lowest BCUT2D eigenvalue weighted by Crippen LogP contribution is -2.25. The van der Waals surface area contributed by atoms with Gasteiger partial charge in [0.15, 0.2) is 0 Å². The monoisotopic (exact) mass is 361 g/mol. The molecule has 0 heterocycles. The minimum absolute atomic E-state index is 0.362. The van der Waals surface area contributed by atoms with Gasteiger partial charge < -0.3 is 10.0 Å². The van der Waals surface area contributed by atoms with E-state index >= 15 is 0 Å². The summed E-state index contributed by atoms with van der Waals surface area (Å²) in [7, 11) is 0. The predicted molar refractivity (Wildman–Crippen MR) is 116 cm³/mol. The Morgan fingerprint density at radius 1 is 0.577 bits per heavy atom. The number of anilines is 1. The second-order valence-electron chi connectivity index (χ2n) is 7.75. The van der Waals surface area contributed by atoms with E-state index in [2.05, 4.69) is 30.9 Å². The number of aromatic hydroxyl groups is 1. The van der Waals surface area contributed by atoms with E-state index < -0.39 is 0 Å². The van der Waals surface area contributed by atoms with Crippen molar-refractivity contribution in [1.29, 1.82) is 0 Å². The van der Waals surface area contributed by atoms with Crippen molar-refractivity contribution >= 4 is 5.69 Å². The number of hydrogen-bond acceptors (Lipinski definition) is 2. The molecule has 1 rings (SSSR count). The minimum Gasteiger partial charge on any atom is -0.508 e. The van der Waals surface area contributed by atoms with Crippen LogP contribution in [-0.2, 0) is 0 Å². The van der Waals surface area contributed by atoms with Crippen molar-refractivity contribution in [1.82, 2.24) is 0 Å². The summed E-state index contributed by atoms with van der Waals surface area (Å²) in [6.07, 6.45) is 19.0. The van der Waals surface area contributed by atoms with Gasteiger partial charge in [0.05, 0.1) is 0 Å². The lowest BCUT2D eigenvalue weighted by molar-refractivity contribution is 0.475. The molecule has 0 aliphatic heterocycles. The molecule has 0 aromatic heterocycles. The van der Waals surface area contributed by atoms with E-state index in [9.17, 15) is 5.11 Å². The van der Waals surface area contributed by atoms with Gasteiger partial charge in [-0.2, -0.15) is 0 Å². The fourth-order valence-electron chi connectivity index (χ4n) is 3.55. The lowest BCUT2D eigenvalue weighted by atomic mass is 10.1. The molecule has 0 fully saturated rings. The third-order valence-electron chi connectivity index (χ3n) is 5.28. The van der Waals surface area contributed by atoms with Crippen molar-refractivity contribution in [2.45, 2.75) is 104 Å². The first kappa shape index (κ1) is 22.9. The Morgan fingerprint density at radius 3 is 1.38 bits per heavy atom. The quantitative estimate of drug-likeness (QED) is 0.287. The fourth-order valence-corrected chi connectivity index (χ4v) is 3.55. The molecule has 1 aromatic carbocycles. The summed E-state index contributed by atoms with van der Waals surface area (Å²) in [5.74, 6) is 0.362. The van der Waals surface area contributed by atoms with Crippen molar-refractivity contribution in [3.05, 3.63) is 24.3 Å². The van der Waals surface area contributed by atoms with E-state index in [-0.39, 0.29) is 0 Å². The number of phenolic OH excluding ortho intramolecular Hbond substituents is 1. The number of unbranched alkanes of at least 4 members (excludes halogenated alkanes) is 12. The van der Waals surface area contributed by atoms with Gasteiger partial charge in [-0.3, -0.25) is 0 Å². The number of rotatable bonds is 17. The van der Waals surface area contributed by atoms with Crippen molar-refractivity contribution in [3.8, 4) is 5.75 Å². The Labute approximate surface area is 163 Å². The minimum atomic E-state index is 0.362. The van der Waals surface area contributed by atoms with Gasteiger partial charge in [0.25, 0.3) is 0 Å². The van der Waals surface area contributed by atoms with Gasteiger partial charge in [-0.1, -0.05) is 90.9 Å². The molecule has 1 aromatic rings. The average Bonchev–Trinajstić information content (AvgIpc) is 2.65. The maximum absolute atomic E-state index is 9.55. The molecule has 0 radical (unpaired) electrons. The zero-order valence-electron chi connectivity index (χ0n) is 17.5. The summed E-state index contributed by atoms with van der Waals surface area (Å²) < 4.78 is 0. The van der Waals surface area contributed by atoms with Gasteiger partial charge >= 0.3 is 0 Å². The third kappa shape index (κ3) is 11.4. The van der Waals surface area contributed by atoms with Gasteiger partial charge in [-0.25, -0.2) is 0 Å². The topological polar surface area (TPSA) is 23.5 Å². The summed E-state index contributed by atoms with van der Waals surface area (Å²) in [5.41, 5.74) is 1.26. The fraction of sp³-hybridized carbons (Fsp3) is 0.750. The molecule has 0 aliphatic carbocycles. The van der Waals surface area contributed by atoms with Crippen LogP contribution < -0.4 is 4.90 Å². The van der Waals surface area contributed by atoms with Crippen LogP contribution in [0, 0.1) is 0 Å². The smallest absolute Gasteiger partial charge is 0.115 e. The van der Waals surface area contributed by atoms with E-state index in [0.29, 0.717) is 5.75 Å². The molecule has 26 heavy (non-hydrogen) atoms. The SMILES string of the molecule is CCCCCCCCCN(CCCCCCCCC)c1ccc(O)cc1. The van der Waals surface area contributed by atoms with Gasteiger partial charge in [0.2, 0.25) is 0 Å². The van der Waals surface area contributed by atoms with Crippen molar-refractivity contribution < 1.29 is 5.11 Å². The largest absolute Gasteiger partial charge is 0.508 e. The lowest BCUT2D eigenvalue weighted by Gasteiger charge is -2.25. The van der Waals surface area contributed by atoms with E-state index in [0.717, 1.165) is 13.1 Å². The van der Waals surface area contributed by atoms with E-state index in [1.807, 2.05) is 12.1 Å². The highest BCUT2D eigenvalue weighted by Gasteiger charge is 2.06. The van der Waals surface area contributed by atoms with Crippen LogP contribution in [0.5, 0.6) is 5.75 Å². The molecule has 0 spiro atoms. The number of hydrogen-bond donors (Lipinski definition) is 1. The molecular weight excluding hydrogens is 318 g/mol. The first-order chi connectivity index (χ1) is 12.8. The van der Waals surface area contributed by atoms with Crippen molar-refractivity contribution in [2.24, 2.45) is 0 Å². The van der Waals surface area contributed by atoms with Crippen LogP contribution in [-0.4, -0.2) is 18.2 Å². The average molecular weight is 362 g/mol. The Kier molecular flexibility index (Phi) is 14.1. The second-order valence-corrected chi connectivity index (χ2v) is 7.75. The van der Waals surface area contributed by atoms with Crippen LogP contribution >= 0.6 is 0 Å². The van der Waals surface area contributed by atoms with Crippen LogP contribution in [0.3, 0.4) is 0 Å². The Bertz CT molecular complexity index is 397. The highest BCUT2D eigenvalue weighted by atomic mass is 16.3. The molecule has 0 saturated carbocycles. The van der Waals surface area contributed by atoms with Gasteiger partial charge in [-0.15, -0.1) is 0 Å². The van der Waals surface area contributed by atoms with E-state index in [4.69, 9.17) is 0 Å². The molecule has 1 N–H and O–H groups in total. The molecule has 0 amide bonds. The number of benzene rings is 1. The van der Waals surface area contributed by atoms with Gasteiger partial charge in [0.1, 0.15) is 5.75 Å². The molecule has 2 nitrogen and oxygen atoms in total.